The lowest BCUT2D eigenvalue weighted by molar-refractivity contribution is 0.357. The smallest absolute Gasteiger partial charge is 0.122 e. The number of rotatable bonds is 4. The number of benzene rings is 1. The summed E-state index contributed by atoms with van der Waals surface area (Å²) in [5.74, 6) is 1.58. The average Bonchev–Trinajstić information content (AvgIpc) is 3.00. The molecule has 1 aliphatic rings. The van der Waals surface area contributed by atoms with Gasteiger partial charge in [-0.05, 0) is 37.5 Å². The molecule has 0 spiro atoms. The number of hydrogen-bond donors (Lipinski definition) is 0. The van der Waals surface area contributed by atoms with Crippen molar-refractivity contribution in [2.75, 3.05) is 6.61 Å². The molecule has 0 N–H and O–H groups in total. The standard InChI is InChI=1S/C16H19ClN2O/c1-11-15(10-17)12(2)19(18-11)7-5-13-3-4-16-14(9-13)6-8-20-16/h3-4,9H,5-8,10H2,1-2H3. The van der Waals surface area contributed by atoms with Crippen LogP contribution >= 0.6 is 11.6 Å². The summed E-state index contributed by atoms with van der Waals surface area (Å²) < 4.78 is 7.60. The van der Waals surface area contributed by atoms with Crippen LogP contribution in [0.4, 0.5) is 0 Å². The predicted molar refractivity (Wildman–Crippen MR) is 80.6 cm³/mol. The van der Waals surface area contributed by atoms with Crippen molar-refractivity contribution < 1.29 is 4.74 Å². The van der Waals surface area contributed by atoms with Crippen molar-refractivity contribution in [2.24, 2.45) is 0 Å². The SMILES string of the molecule is Cc1nn(CCc2ccc3c(c2)CCO3)c(C)c1CCl. The Bertz CT molecular complexity index is 634. The number of hydrogen-bond acceptors (Lipinski definition) is 2. The minimum absolute atomic E-state index is 0.536. The van der Waals surface area contributed by atoms with E-state index in [4.69, 9.17) is 16.3 Å². The third kappa shape index (κ3) is 2.42. The highest BCUT2D eigenvalue weighted by Gasteiger charge is 2.13. The molecule has 4 heteroatoms. The first kappa shape index (κ1) is 13.5. The van der Waals surface area contributed by atoms with Crippen molar-refractivity contribution in [1.29, 1.82) is 0 Å². The molecular weight excluding hydrogens is 272 g/mol. The molecule has 0 bridgehead atoms. The second-order valence-electron chi connectivity index (χ2n) is 5.30. The lowest BCUT2D eigenvalue weighted by Crippen LogP contribution is -2.05. The Morgan fingerprint density at radius 2 is 2.20 bits per heavy atom. The van der Waals surface area contributed by atoms with Crippen LogP contribution in [0.25, 0.3) is 0 Å². The van der Waals surface area contributed by atoms with Crippen LogP contribution in [0, 0.1) is 13.8 Å². The van der Waals surface area contributed by atoms with Crippen LogP contribution in [0.1, 0.15) is 28.1 Å². The highest BCUT2D eigenvalue weighted by Crippen LogP contribution is 2.26. The first-order valence-electron chi connectivity index (χ1n) is 7.02. The quantitative estimate of drug-likeness (QED) is 0.807. The van der Waals surface area contributed by atoms with E-state index in [1.165, 1.54) is 16.8 Å². The minimum atomic E-state index is 0.536. The molecule has 1 aromatic carbocycles. The molecule has 2 aromatic rings. The van der Waals surface area contributed by atoms with Crippen molar-refractivity contribution in [3.8, 4) is 5.75 Å². The van der Waals surface area contributed by atoms with E-state index in [0.717, 1.165) is 43.0 Å². The first-order chi connectivity index (χ1) is 9.69. The molecule has 106 valence electrons. The Balaban J connectivity index is 1.73. The molecule has 0 unspecified atom stereocenters. The molecule has 0 radical (unpaired) electrons. The van der Waals surface area contributed by atoms with E-state index < -0.39 is 0 Å². The normalized spacial score (nSPS) is 13.3. The Hall–Kier alpha value is -1.48. The number of aromatic nitrogens is 2. The fourth-order valence-corrected chi connectivity index (χ4v) is 3.16. The molecule has 0 saturated heterocycles. The molecule has 0 atom stereocenters. The third-order valence-corrected chi connectivity index (χ3v) is 4.30. The number of aryl methyl sites for hydroxylation is 3. The summed E-state index contributed by atoms with van der Waals surface area (Å²) in [6.07, 6.45) is 2.01. The van der Waals surface area contributed by atoms with Gasteiger partial charge >= 0.3 is 0 Å². The van der Waals surface area contributed by atoms with Gasteiger partial charge in [0.05, 0.1) is 18.2 Å². The van der Waals surface area contributed by atoms with Crippen LogP contribution in [0.5, 0.6) is 5.75 Å². The van der Waals surface area contributed by atoms with Gasteiger partial charge in [0.2, 0.25) is 0 Å². The van der Waals surface area contributed by atoms with Crippen molar-refractivity contribution in [2.45, 2.75) is 39.1 Å². The molecule has 1 aliphatic heterocycles. The van der Waals surface area contributed by atoms with Gasteiger partial charge < -0.3 is 4.74 Å². The molecule has 0 fully saturated rings. The summed E-state index contributed by atoms with van der Waals surface area (Å²) in [6.45, 7) is 5.82. The first-order valence-corrected chi connectivity index (χ1v) is 7.56. The van der Waals surface area contributed by atoms with E-state index in [9.17, 15) is 0 Å². The van der Waals surface area contributed by atoms with E-state index in [-0.39, 0.29) is 0 Å². The Morgan fingerprint density at radius 3 is 2.95 bits per heavy atom. The van der Waals surface area contributed by atoms with E-state index in [2.05, 4.69) is 34.9 Å². The number of halogens is 1. The summed E-state index contributed by atoms with van der Waals surface area (Å²) in [6, 6.07) is 6.50. The number of alkyl halides is 1. The van der Waals surface area contributed by atoms with Gasteiger partial charge in [0.15, 0.2) is 0 Å². The molecule has 3 nitrogen and oxygen atoms in total. The van der Waals surface area contributed by atoms with E-state index in [1.807, 2.05) is 6.92 Å². The zero-order valence-electron chi connectivity index (χ0n) is 11.9. The monoisotopic (exact) mass is 290 g/mol. The topological polar surface area (TPSA) is 27.1 Å². The molecule has 3 rings (SSSR count). The summed E-state index contributed by atoms with van der Waals surface area (Å²) in [7, 11) is 0. The summed E-state index contributed by atoms with van der Waals surface area (Å²) >= 11 is 5.96. The van der Waals surface area contributed by atoms with Crippen LogP contribution in [-0.2, 0) is 25.3 Å². The number of ether oxygens (including phenoxy) is 1. The van der Waals surface area contributed by atoms with Gasteiger partial charge in [0.25, 0.3) is 0 Å². The second-order valence-corrected chi connectivity index (χ2v) is 5.56. The van der Waals surface area contributed by atoms with E-state index >= 15 is 0 Å². The van der Waals surface area contributed by atoms with Crippen molar-refractivity contribution in [3.63, 3.8) is 0 Å². The molecule has 0 saturated carbocycles. The van der Waals surface area contributed by atoms with Crippen molar-refractivity contribution in [1.82, 2.24) is 9.78 Å². The van der Waals surface area contributed by atoms with Crippen molar-refractivity contribution in [3.05, 3.63) is 46.3 Å². The Labute approximate surface area is 124 Å². The fraction of sp³-hybridized carbons (Fsp3) is 0.438. The van der Waals surface area contributed by atoms with Gasteiger partial charge in [0, 0.05) is 24.2 Å². The Morgan fingerprint density at radius 1 is 1.35 bits per heavy atom. The average molecular weight is 291 g/mol. The zero-order valence-corrected chi connectivity index (χ0v) is 12.7. The third-order valence-electron chi connectivity index (χ3n) is 4.03. The zero-order chi connectivity index (χ0) is 14.1. The molecule has 20 heavy (non-hydrogen) atoms. The summed E-state index contributed by atoms with van der Waals surface area (Å²) in [5.41, 5.74) is 6.06. The van der Waals surface area contributed by atoms with Crippen LogP contribution in [0.2, 0.25) is 0 Å². The number of nitrogens with zero attached hydrogens (tertiary/aromatic N) is 2. The van der Waals surface area contributed by atoms with Gasteiger partial charge in [-0.25, -0.2) is 0 Å². The maximum absolute atomic E-state index is 5.96. The van der Waals surface area contributed by atoms with Gasteiger partial charge in [-0.15, -0.1) is 11.6 Å². The van der Waals surface area contributed by atoms with Crippen LogP contribution in [0.15, 0.2) is 18.2 Å². The molecule has 1 aromatic heterocycles. The van der Waals surface area contributed by atoms with Crippen LogP contribution < -0.4 is 4.74 Å². The molecular formula is C16H19ClN2O. The van der Waals surface area contributed by atoms with Gasteiger partial charge in [-0.1, -0.05) is 12.1 Å². The minimum Gasteiger partial charge on any atom is -0.493 e. The second kappa shape index (κ2) is 5.49. The molecule has 0 aliphatic carbocycles. The van der Waals surface area contributed by atoms with E-state index in [0.29, 0.717) is 5.88 Å². The maximum atomic E-state index is 5.96. The van der Waals surface area contributed by atoms with Gasteiger partial charge in [0.1, 0.15) is 5.75 Å². The highest BCUT2D eigenvalue weighted by molar-refractivity contribution is 6.17. The van der Waals surface area contributed by atoms with Gasteiger partial charge in [-0.2, -0.15) is 5.10 Å². The lowest BCUT2D eigenvalue weighted by atomic mass is 10.1. The van der Waals surface area contributed by atoms with Gasteiger partial charge in [-0.3, -0.25) is 4.68 Å². The summed E-state index contributed by atoms with van der Waals surface area (Å²) in [4.78, 5) is 0. The van der Waals surface area contributed by atoms with Crippen LogP contribution in [-0.4, -0.2) is 16.4 Å². The maximum Gasteiger partial charge on any atom is 0.122 e. The predicted octanol–water partition coefficient (Wildman–Crippen LogP) is 3.42. The molecule has 2 heterocycles. The van der Waals surface area contributed by atoms with Crippen LogP contribution in [0.3, 0.4) is 0 Å². The largest absolute Gasteiger partial charge is 0.493 e. The van der Waals surface area contributed by atoms with Crippen molar-refractivity contribution >= 4 is 11.6 Å². The Kier molecular flexibility index (Phi) is 3.70. The number of fused-ring (bicyclic) bond motifs is 1. The lowest BCUT2D eigenvalue weighted by Gasteiger charge is -2.07. The highest BCUT2D eigenvalue weighted by atomic mass is 35.5. The molecule has 0 amide bonds. The van der Waals surface area contributed by atoms with E-state index in [1.54, 1.807) is 0 Å². The summed E-state index contributed by atoms with van der Waals surface area (Å²) in [5, 5.41) is 4.58. The fourth-order valence-electron chi connectivity index (χ4n) is 2.78.